The van der Waals surface area contributed by atoms with Crippen molar-refractivity contribution >= 4 is 34.8 Å². The van der Waals surface area contributed by atoms with Crippen LogP contribution in [0, 0.1) is 45.6 Å². The largest absolute Gasteiger partial charge is 0.322 e. The minimum Gasteiger partial charge on any atom is -0.322 e. The Bertz CT molecular complexity index is 1170. The zero-order valence-electron chi connectivity index (χ0n) is 16.9. The highest BCUT2D eigenvalue weighted by Gasteiger charge is 2.67. The minimum absolute atomic E-state index is 0.0613. The van der Waals surface area contributed by atoms with Gasteiger partial charge in [-0.1, -0.05) is 12.2 Å². The van der Waals surface area contributed by atoms with Crippen molar-refractivity contribution in [3.05, 3.63) is 76.4 Å². The fourth-order valence-electron chi connectivity index (χ4n) is 5.84. The summed E-state index contributed by atoms with van der Waals surface area (Å²) in [6.07, 6.45) is 5.40. The number of imide groups is 1. The van der Waals surface area contributed by atoms with E-state index in [4.69, 9.17) is 0 Å². The number of carbonyl (C=O) groups excluding carboxylic acids is 3. The molecule has 6 atom stereocenters. The molecule has 7 rings (SSSR count). The monoisotopic (exact) mass is 429 g/mol. The summed E-state index contributed by atoms with van der Waals surface area (Å²) < 4.78 is 0. The molecule has 2 aromatic carbocycles. The molecule has 160 valence electrons. The van der Waals surface area contributed by atoms with Gasteiger partial charge in [0.1, 0.15) is 0 Å². The molecule has 1 heterocycles. The van der Waals surface area contributed by atoms with Gasteiger partial charge >= 0.3 is 0 Å². The van der Waals surface area contributed by atoms with Gasteiger partial charge in [0, 0.05) is 23.4 Å². The van der Waals surface area contributed by atoms with E-state index in [2.05, 4.69) is 17.5 Å². The summed E-state index contributed by atoms with van der Waals surface area (Å²) in [7, 11) is 0. The van der Waals surface area contributed by atoms with Crippen LogP contribution in [0.25, 0.3) is 0 Å². The minimum atomic E-state index is -0.508. The molecule has 2 aromatic rings. The Balaban J connectivity index is 1.19. The highest BCUT2D eigenvalue weighted by atomic mass is 16.6. The number of rotatable bonds is 4. The molecule has 3 amide bonds. The molecule has 0 spiro atoms. The van der Waals surface area contributed by atoms with Crippen molar-refractivity contribution in [2.24, 2.45) is 35.5 Å². The predicted molar refractivity (Wildman–Crippen MR) is 115 cm³/mol. The molecule has 8 nitrogen and oxygen atoms in total. The van der Waals surface area contributed by atoms with Crippen LogP contribution in [0.2, 0.25) is 0 Å². The smallest absolute Gasteiger partial charge is 0.269 e. The van der Waals surface area contributed by atoms with E-state index in [0.29, 0.717) is 28.8 Å². The number of amides is 3. The molecule has 8 heteroatoms. The second-order valence-electron chi connectivity index (χ2n) is 8.97. The summed E-state index contributed by atoms with van der Waals surface area (Å²) in [6, 6.07) is 11.9. The van der Waals surface area contributed by atoms with Crippen molar-refractivity contribution in [2.45, 2.75) is 6.42 Å². The summed E-state index contributed by atoms with van der Waals surface area (Å²) in [5, 5.41) is 13.4. The van der Waals surface area contributed by atoms with E-state index in [-0.39, 0.29) is 47.1 Å². The van der Waals surface area contributed by atoms with Gasteiger partial charge in [0.2, 0.25) is 11.8 Å². The zero-order chi connectivity index (χ0) is 22.1. The average molecular weight is 429 g/mol. The number of nitrogens with zero attached hydrogens (tertiary/aromatic N) is 2. The van der Waals surface area contributed by atoms with Crippen LogP contribution >= 0.6 is 0 Å². The highest BCUT2D eigenvalue weighted by Crippen LogP contribution is 2.65. The molecule has 2 bridgehead atoms. The number of nitrogens with one attached hydrogen (secondary N) is 1. The van der Waals surface area contributed by atoms with E-state index in [1.54, 1.807) is 24.3 Å². The Morgan fingerprint density at radius 1 is 0.906 bits per heavy atom. The summed E-state index contributed by atoms with van der Waals surface area (Å²) in [4.78, 5) is 50.4. The number of allylic oxidation sites excluding steroid dienone is 2. The third-order valence-corrected chi connectivity index (χ3v) is 7.39. The molecule has 1 saturated heterocycles. The van der Waals surface area contributed by atoms with Gasteiger partial charge in [0.25, 0.3) is 11.6 Å². The fraction of sp³-hybridized carbons (Fsp3) is 0.292. The van der Waals surface area contributed by atoms with Crippen molar-refractivity contribution in [1.29, 1.82) is 0 Å². The number of anilines is 2. The first kappa shape index (κ1) is 18.9. The summed E-state index contributed by atoms with van der Waals surface area (Å²) in [5.74, 6) is 0.270. The van der Waals surface area contributed by atoms with Gasteiger partial charge in [0.15, 0.2) is 0 Å². The molecule has 32 heavy (non-hydrogen) atoms. The van der Waals surface area contributed by atoms with Crippen molar-refractivity contribution in [1.82, 2.24) is 0 Å². The molecule has 5 aliphatic rings. The van der Waals surface area contributed by atoms with E-state index in [1.165, 1.54) is 29.2 Å². The van der Waals surface area contributed by atoms with Crippen LogP contribution in [0.3, 0.4) is 0 Å². The second-order valence-corrected chi connectivity index (χ2v) is 8.97. The number of nitro groups is 1. The number of benzene rings is 2. The van der Waals surface area contributed by atoms with E-state index in [0.717, 1.165) is 6.42 Å². The molecule has 6 unspecified atom stereocenters. The molecule has 1 aliphatic heterocycles. The molecule has 2 saturated carbocycles. The molecule has 0 aromatic heterocycles. The third-order valence-electron chi connectivity index (χ3n) is 7.39. The van der Waals surface area contributed by atoms with Gasteiger partial charge in [-0.3, -0.25) is 29.4 Å². The van der Waals surface area contributed by atoms with E-state index < -0.39 is 4.92 Å². The standard InChI is InChI=1S/C24H19N3O5/c28-22(25-13-3-7-15(8-4-13)27(31)32)12-1-5-14(6-2-12)26-23(29)20-16-9-10-17(19-11-18(16)19)21(20)24(26)30/h1-10,16-21H,11H2,(H,25,28). The van der Waals surface area contributed by atoms with Crippen molar-refractivity contribution in [2.75, 3.05) is 10.2 Å². The maximum absolute atomic E-state index is 13.2. The van der Waals surface area contributed by atoms with Crippen molar-refractivity contribution in [3.8, 4) is 0 Å². The van der Waals surface area contributed by atoms with Crippen LogP contribution in [0.4, 0.5) is 17.1 Å². The van der Waals surface area contributed by atoms with E-state index >= 15 is 0 Å². The summed E-state index contributed by atoms with van der Waals surface area (Å²) in [5.41, 5.74) is 1.20. The Morgan fingerprint density at radius 2 is 1.47 bits per heavy atom. The Morgan fingerprint density at radius 3 is 2.00 bits per heavy atom. The summed E-state index contributed by atoms with van der Waals surface area (Å²) >= 11 is 0. The quantitative estimate of drug-likeness (QED) is 0.347. The van der Waals surface area contributed by atoms with Gasteiger partial charge in [-0.05, 0) is 66.5 Å². The number of hydrogen-bond donors (Lipinski definition) is 1. The molecular formula is C24H19N3O5. The van der Waals surface area contributed by atoms with Gasteiger partial charge in [0.05, 0.1) is 22.4 Å². The summed E-state index contributed by atoms with van der Waals surface area (Å²) in [6.45, 7) is 0. The van der Waals surface area contributed by atoms with Crippen LogP contribution < -0.4 is 10.2 Å². The molecule has 3 fully saturated rings. The predicted octanol–water partition coefficient (Wildman–Crippen LogP) is 3.40. The lowest BCUT2D eigenvalue weighted by Crippen LogP contribution is -2.40. The van der Waals surface area contributed by atoms with E-state index in [9.17, 15) is 24.5 Å². The maximum atomic E-state index is 13.2. The lowest BCUT2D eigenvalue weighted by Gasteiger charge is -2.37. The van der Waals surface area contributed by atoms with Crippen LogP contribution in [-0.4, -0.2) is 22.6 Å². The number of hydrogen-bond acceptors (Lipinski definition) is 5. The van der Waals surface area contributed by atoms with E-state index in [1.807, 2.05) is 0 Å². The first-order chi connectivity index (χ1) is 15.4. The fourth-order valence-corrected chi connectivity index (χ4v) is 5.84. The lowest BCUT2D eigenvalue weighted by molar-refractivity contribution is -0.384. The molecule has 4 aliphatic carbocycles. The first-order valence-corrected chi connectivity index (χ1v) is 10.7. The van der Waals surface area contributed by atoms with Crippen molar-refractivity contribution < 1.29 is 19.3 Å². The van der Waals surface area contributed by atoms with Crippen LogP contribution in [0.15, 0.2) is 60.7 Å². The third kappa shape index (κ3) is 2.65. The zero-order valence-corrected chi connectivity index (χ0v) is 16.9. The molecular weight excluding hydrogens is 410 g/mol. The van der Waals surface area contributed by atoms with Crippen molar-refractivity contribution in [3.63, 3.8) is 0 Å². The first-order valence-electron chi connectivity index (χ1n) is 10.7. The number of nitro benzene ring substituents is 1. The second kappa shape index (κ2) is 6.59. The Kier molecular flexibility index (Phi) is 3.90. The SMILES string of the molecule is O=C(Nc1ccc([N+](=O)[O-])cc1)c1ccc(N2C(=O)C3C4C=CC(C5CC45)C3C2=O)cc1. The lowest BCUT2D eigenvalue weighted by atomic mass is 9.63. The highest BCUT2D eigenvalue weighted by molar-refractivity contribution is 6.22. The van der Waals surface area contributed by atoms with Gasteiger partial charge < -0.3 is 5.32 Å². The number of carbonyl (C=O) groups is 3. The topological polar surface area (TPSA) is 110 Å². The number of non-ortho nitro benzene ring substituents is 1. The average Bonchev–Trinajstić information content (AvgIpc) is 3.58. The van der Waals surface area contributed by atoms with Crippen LogP contribution in [0.1, 0.15) is 16.8 Å². The normalized spacial score (nSPS) is 31.3. The maximum Gasteiger partial charge on any atom is 0.269 e. The van der Waals surface area contributed by atoms with Gasteiger partial charge in [-0.25, -0.2) is 0 Å². The Labute approximate surface area is 183 Å². The Hall–Kier alpha value is -3.81. The molecule has 0 radical (unpaired) electrons. The van der Waals surface area contributed by atoms with Gasteiger partial charge in [-0.2, -0.15) is 0 Å². The van der Waals surface area contributed by atoms with Crippen LogP contribution in [0.5, 0.6) is 0 Å². The van der Waals surface area contributed by atoms with Gasteiger partial charge in [-0.15, -0.1) is 0 Å². The molecule has 1 N–H and O–H groups in total. The van der Waals surface area contributed by atoms with Crippen LogP contribution in [-0.2, 0) is 9.59 Å².